The first-order valence-electron chi connectivity index (χ1n) is 9.70. The van der Waals surface area contributed by atoms with Gasteiger partial charge in [-0.05, 0) is 36.4 Å². The minimum atomic E-state index is -4.63. The van der Waals surface area contributed by atoms with Gasteiger partial charge in [0.15, 0.2) is 0 Å². The first-order valence-corrected chi connectivity index (χ1v) is 11.1. The van der Waals surface area contributed by atoms with Crippen molar-refractivity contribution in [2.45, 2.75) is 11.1 Å². The van der Waals surface area contributed by atoms with Crippen LogP contribution >= 0.6 is 0 Å². The van der Waals surface area contributed by atoms with Gasteiger partial charge in [-0.2, -0.15) is 13.2 Å². The molecule has 5 nitrogen and oxygen atoms in total. The summed E-state index contributed by atoms with van der Waals surface area (Å²) in [5, 5.41) is 0. The molecule has 3 aromatic carbocycles. The number of para-hydroxylation sites is 1. The number of anilines is 4. The van der Waals surface area contributed by atoms with E-state index in [2.05, 4.69) is 0 Å². The molecule has 0 amide bonds. The fourth-order valence-electron chi connectivity index (χ4n) is 3.40. The van der Waals surface area contributed by atoms with E-state index in [1.54, 1.807) is 48.5 Å². The molecule has 0 N–H and O–H groups in total. The van der Waals surface area contributed by atoms with Crippen molar-refractivity contribution in [3.63, 3.8) is 0 Å². The van der Waals surface area contributed by atoms with Crippen LogP contribution in [-0.2, 0) is 16.2 Å². The summed E-state index contributed by atoms with van der Waals surface area (Å²) in [7, 11) is 1.84. The van der Waals surface area contributed by atoms with Crippen LogP contribution in [0.25, 0.3) is 0 Å². The molecule has 0 aliphatic rings. The van der Waals surface area contributed by atoms with E-state index in [1.165, 1.54) is 62.3 Å². The number of halogens is 3. The molecule has 0 radical (unpaired) electrons. The molecule has 0 bridgehead atoms. The van der Waals surface area contributed by atoms with E-state index < -0.39 is 21.8 Å². The lowest BCUT2D eigenvalue weighted by atomic mass is 10.1. The van der Waals surface area contributed by atoms with Crippen molar-refractivity contribution in [3.05, 3.63) is 78.4 Å². The fraction of sp³-hybridized carbons (Fsp3) is 0.217. The van der Waals surface area contributed by atoms with Gasteiger partial charge in [-0.1, -0.05) is 36.4 Å². The first kappa shape index (κ1) is 23.5. The van der Waals surface area contributed by atoms with Gasteiger partial charge in [0.2, 0.25) is 0 Å². The van der Waals surface area contributed by atoms with Crippen molar-refractivity contribution in [2.75, 3.05) is 42.3 Å². The van der Waals surface area contributed by atoms with Gasteiger partial charge in [0.25, 0.3) is 10.0 Å². The summed E-state index contributed by atoms with van der Waals surface area (Å²) in [5.74, 6) is 0. The molecule has 0 saturated carbocycles. The Labute approximate surface area is 186 Å². The SMILES string of the molecule is CN(C)c1cc(N(c2ccccc2)S(=O)(=O)c2ccccc2)cc(N(C)C)c1C(F)(F)F. The fourth-order valence-corrected chi connectivity index (χ4v) is 4.89. The average Bonchev–Trinajstić information content (AvgIpc) is 2.73. The Morgan fingerprint density at radius 2 is 1.12 bits per heavy atom. The molecular formula is C23H24F3N3O2S. The highest BCUT2D eigenvalue weighted by atomic mass is 32.2. The molecule has 9 heteroatoms. The van der Waals surface area contributed by atoms with Crippen molar-refractivity contribution in [1.82, 2.24) is 0 Å². The van der Waals surface area contributed by atoms with Gasteiger partial charge in [-0.3, -0.25) is 0 Å². The third kappa shape index (κ3) is 4.52. The molecule has 0 saturated heterocycles. The van der Waals surface area contributed by atoms with Crippen LogP contribution in [0.1, 0.15) is 5.56 Å². The monoisotopic (exact) mass is 463 g/mol. The van der Waals surface area contributed by atoms with Gasteiger partial charge in [0, 0.05) is 28.2 Å². The minimum Gasteiger partial charge on any atom is -0.377 e. The third-order valence-corrected chi connectivity index (χ3v) is 6.61. The number of nitrogens with zero attached hydrogens (tertiary/aromatic N) is 3. The quantitative estimate of drug-likeness (QED) is 0.493. The normalized spacial score (nSPS) is 11.8. The van der Waals surface area contributed by atoms with Crippen LogP contribution in [0.5, 0.6) is 0 Å². The summed E-state index contributed by atoms with van der Waals surface area (Å²) >= 11 is 0. The van der Waals surface area contributed by atoms with E-state index in [1.807, 2.05) is 0 Å². The number of sulfonamides is 1. The number of rotatable bonds is 6. The molecule has 0 aliphatic heterocycles. The lowest BCUT2D eigenvalue weighted by Gasteiger charge is -2.30. The molecule has 3 rings (SSSR count). The van der Waals surface area contributed by atoms with E-state index in [0.29, 0.717) is 5.69 Å². The van der Waals surface area contributed by atoms with Gasteiger partial charge >= 0.3 is 6.18 Å². The van der Waals surface area contributed by atoms with Crippen molar-refractivity contribution in [2.24, 2.45) is 0 Å². The molecule has 0 atom stereocenters. The summed E-state index contributed by atoms with van der Waals surface area (Å²) < 4.78 is 70.4. The second-order valence-electron chi connectivity index (χ2n) is 7.56. The van der Waals surface area contributed by atoms with Crippen LogP contribution in [0.2, 0.25) is 0 Å². The third-order valence-electron chi connectivity index (χ3n) is 4.84. The maximum atomic E-state index is 14.0. The standard InChI is InChI=1S/C23H24F3N3O2S/c1-27(2)20-15-18(16-21(28(3)4)22(20)23(24,25)26)29(17-11-7-5-8-12-17)32(30,31)19-13-9-6-10-14-19/h5-16H,1-4H3. The Morgan fingerprint density at radius 3 is 1.53 bits per heavy atom. The van der Waals surface area contributed by atoms with Gasteiger partial charge < -0.3 is 9.80 Å². The lowest BCUT2D eigenvalue weighted by molar-refractivity contribution is -0.136. The Hall–Kier alpha value is -3.20. The van der Waals surface area contributed by atoms with Crippen LogP contribution in [0.3, 0.4) is 0 Å². The zero-order valence-corrected chi connectivity index (χ0v) is 18.9. The molecular weight excluding hydrogens is 439 g/mol. The molecule has 0 unspecified atom stereocenters. The Kier molecular flexibility index (Phi) is 6.41. The Balaban J connectivity index is 2.38. The molecule has 3 aromatic rings. The van der Waals surface area contributed by atoms with Gasteiger partial charge in [0.1, 0.15) is 5.56 Å². The topological polar surface area (TPSA) is 43.9 Å². The zero-order valence-electron chi connectivity index (χ0n) is 18.1. The van der Waals surface area contributed by atoms with Crippen LogP contribution in [0.15, 0.2) is 77.7 Å². The van der Waals surface area contributed by atoms with E-state index in [0.717, 1.165) is 4.31 Å². The molecule has 32 heavy (non-hydrogen) atoms. The predicted molar refractivity (Wildman–Crippen MR) is 122 cm³/mol. The first-order chi connectivity index (χ1) is 14.9. The lowest BCUT2D eigenvalue weighted by Crippen LogP contribution is -2.28. The van der Waals surface area contributed by atoms with Crippen molar-refractivity contribution in [3.8, 4) is 0 Å². The van der Waals surface area contributed by atoms with Crippen molar-refractivity contribution in [1.29, 1.82) is 0 Å². The smallest absolute Gasteiger partial charge is 0.377 e. The van der Waals surface area contributed by atoms with E-state index in [9.17, 15) is 21.6 Å². The van der Waals surface area contributed by atoms with Crippen LogP contribution < -0.4 is 14.1 Å². The summed E-state index contributed by atoms with van der Waals surface area (Å²) in [5.41, 5.74) is -0.696. The van der Waals surface area contributed by atoms with Gasteiger partial charge in [0.05, 0.1) is 27.6 Å². The number of hydrogen-bond acceptors (Lipinski definition) is 4. The highest BCUT2D eigenvalue weighted by molar-refractivity contribution is 7.93. The highest BCUT2D eigenvalue weighted by Crippen LogP contribution is 2.46. The average molecular weight is 464 g/mol. The van der Waals surface area contributed by atoms with Gasteiger partial charge in [-0.15, -0.1) is 0 Å². The Morgan fingerprint density at radius 1 is 0.688 bits per heavy atom. The number of benzene rings is 3. The largest absolute Gasteiger partial charge is 0.420 e. The second-order valence-corrected chi connectivity index (χ2v) is 9.35. The molecule has 170 valence electrons. The maximum absolute atomic E-state index is 14.0. The van der Waals surface area contributed by atoms with E-state index in [-0.39, 0.29) is 22.0 Å². The number of hydrogen-bond donors (Lipinski definition) is 0. The maximum Gasteiger partial charge on any atom is 0.420 e. The summed E-state index contributed by atoms with van der Waals surface area (Å²) in [4.78, 5) is 2.69. The zero-order chi connectivity index (χ0) is 23.7. The van der Waals surface area contributed by atoms with Gasteiger partial charge in [-0.25, -0.2) is 12.7 Å². The summed E-state index contributed by atoms with van der Waals surface area (Å²) in [6, 6.07) is 18.6. The van der Waals surface area contributed by atoms with Crippen LogP contribution in [0, 0.1) is 0 Å². The molecule has 0 heterocycles. The molecule has 0 fully saturated rings. The summed E-state index contributed by atoms with van der Waals surface area (Å²) in [6.07, 6.45) is -4.63. The van der Waals surface area contributed by atoms with Crippen LogP contribution in [0.4, 0.5) is 35.9 Å². The van der Waals surface area contributed by atoms with Crippen LogP contribution in [-0.4, -0.2) is 36.6 Å². The molecule has 0 aromatic heterocycles. The van der Waals surface area contributed by atoms with E-state index in [4.69, 9.17) is 0 Å². The summed E-state index contributed by atoms with van der Waals surface area (Å²) in [6.45, 7) is 0. The number of alkyl halides is 3. The minimum absolute atomic E-state index is 0.0292. The highest BCUT2D eigenvalue weighted by Gasteiger charge is 2.39. The molecule has 0 aliphatic carbocycles. The Bertz CT molecular complexity index is 1150. The second kappa shape index (κ2) is 8.74. The predicted octanol–water partition coefficient (Wildman–Crippen LogP) is 5.36. The van der Waals surface area contributed by atoms with Crippen molar-refractivity contribution < 1.29 is 21.6 Å². The van der Waals surface area contributed by atoms with E-state index >= 15 is 0 Å². The van der Waals surface area contributed by atoms with Crippen molar-refractivity contribution >= 4 is 32.8 Å². The molecule has 0 spiro atoms.